The Bertz CT molecular complexity index is 404. The topological polar surface area (TPSA) is 89.1 Å². The maximum absolute atomic E-state index is 11.8. The fourth-order valence-electron chi connectivity index (χ4n) is 2.56. The van der Waals surface area contributed by atoms with Gasteiger partial charge in [-0.25, -0.2) is 0 Å². The first kappa shape index (κ1) is 11.6. The van der Waals surface area contributed by atoms with Gasteiger partial charge in [-0.05, 0) is 12.8 Å². The van der Waals surface area contributed by atoms with Crippen LogP contribution in [0.2, 0.25) is 0 Å². The van der Waals surface area contributed by atoms with Crippen LogP contribution in [0, 0.1) is 0 Å². The van der Waals surface area contributed by atoms with E-state index in [1.165, 1.54) is 6.20 Å². The Labute approximate surface area is 104 Å². The molecule has 2 heterocycles. The van der Waals surface area contributed by atoms with Crippen LogP contribution in [0.4, 0.5) is 0 Å². The minimum Gasteiger partial charge on any atom is -0.348 e. The molecule has 0 bridgehead atoms. The third kappa shape index (κ3) is 2.23. The van der Waals surface area contributed by atoms with E-state index in [9.17, 15) is 4.79 Å². The van der Waals surface area contributed by atoms with Crippen LogP contribution < -0.4 is 5.32 Å². The van der Waals surface area contributed by atoms with Gasteiger partial charge in [0.05, 0.1) is 19.4 Å². The van der Waals surface area contributed by atoms with Crippen LogP contribution in [0.3, 0.4) is 0 Å². The molecule has 2 aliphatic rings. The molecule has 1 saturated carbocycles. The number of aromatic amines is 1. The monoisotopic (exact) mass is 252 g/mol. The van der Waals surface area contributed by atoms with Gasteiger partial charge in [-0.1, -0.05) is 0 Å². The predicted molar refractivity (Wildman–Crippen MR) is 60.7 cm³/mol. The first-order chi connectivity index (χ1) is 8.77. The first-order valence-corrected chi connectivity index (χ1v) is 6.22. The second-order valence-corrected chi connectivity index (χ2v) is 4.71. The lowest BCUT2D eigenvalue weighted by Gasteiger charge is -2.35. The van der Waals surface area contributed by atoms with E-state index in [-0.39, 0.29) is 17.7 Å². The molecule has 0 radical (unpaired) electrons. The van der Waals surface area contributed by atoms with Crippen LogP contribution in [-0.2, 0) is 9.47 Å². The zero-order valence-corrected chi connectivity index (χ0v) is 10.0. The van der Waals surface area contributed by atoms with Crippen molar-refractivity contribution in [1.82, 2.24) is 20.7 Å². The lowest BCUT2D eigenvalue weighted by atomic mass is 9.90. The fourth-order valence-corrected chi connectivity index (χ4v) is 2.56. The summed E-state index contributed by atoms with van der Waals surface area (Å²) in [6.45, 7) is 1.35. The highest BCUT2D eigenvalue weighted by Gasteiger charge is 2.40. The van der Waals surface area contributed by atoms with Crippen molar-refractivity contribution in [2.75, 3.05) is 13.2 Å². The second-order valence-electron chi connectivity index (χ2n) is 4.71. The summed E-state index contributed by atoms with van der Waals surface area (Å²) in [5.74, 6) is -0.562. The zero-order chi connectivity index (χ0) is 12.4. The standard InChI is InChI=1S/C11H16N4O3/c16-10(9-7-12-15-14-9)13-8-1-3-11(4-2-8)17-5-6-18-11/h7-8H,1-6H2,(H,13,16)(H,12,14,15). The molecule has 1 spiro atoms. The number of ether oxygens (including phenoxy) is 2. The van der Waals surface area contributed by atoms with Crippen LogP contribution in [0.15, 0.2) is 6.20 Å². The van der Waals surface area contributed by atoms with E-state index in [0.29, 0.717) is 18.9 Å². The van der Waals surface area contributed by atoms with Gasteiger partial charge in [-0.15, -0.1) is 0 Å². The maximum Gasteiger partial charge on any atom is 0.273 e. The Kier molecular flexibility index (Phi) is 3.00. The van der Waals surface area contributed by atoms with Gasteiger partial charge < -0.3 is 14.8 Å². The van der Waals surface area contributed by atoms with Crippen LogP contribution in [0.25, 0.3) is 0 Å². The summed E-state index contributed by atoms with van der Waals surface area (Å²) < 4.78 is 11.3. The number of hydrogen-bond acceptors (Lipinski definition) is 5. The summed E-state index contributed by atoms with van der Waals surface area (Å²) in [6.07, 6.45) is 4.81. The number of nitrogens with zero attached hydrogens (tertiary/aromatic N) is 2. The number of carbonyl (C=O) groups excluding carboxylic acids is 1. The predicted octanol–water partition coefficient (Wildman–Crippen LogP) is 0.220. The Morgan fingerprint density at radius 3 is 2.72 bits per heavy atom. The molecule has 7 heteroatoms. The molecule has 1 aromatic heterocycles. The Morgan fingerprint density at radius 2 is 2.11 bits per heavy atom. The molecule has 3 rings (SSSR count). The summed E-state index contributed by atoms with van der Waals surface area (Å²) >= 11 is 0. The molecule has 7 nitrogen and oxygen atoms in total. The lowest BCUT2D eigenvalue weighted by Crippen LogP contribution is -2.44. The van der Waals surface area contributed by atoms with E-state index in [4.69, 9.17) is 9.47 Å². The van der Waals surface area contributed by atoms with Crippen molar-refractivity contribution in [2.45, 2.75) is 37.5 Å². The van der Waals surface area contributed by atoms with E-state index < -0.39 is 0 Å². The van der Waals surface area contributed by atoms with Crippen LogP contribution >= 0.6 is 0 Å². The molecular formula is C11H16N4O3. The zero-order valence-electron chi connectivity index (χ0n) is 10.0. The maximum atomic E-state index is 11.8. The average molecular weight is 252 g/mol. The van der Waals surface area contributed by atoms with Gasteiger partial charge in [0.1, 0.15) is 0 Å². The first-order valence-electron chi connectivity index (χ1n) is 6.22. The fraction of sp³-hybridized carbons (Fsp3) is 0.727. The molecule has 18 heavy (non-hydrogen) atoms. The number of rotatable bonds is 2. The SMILES string of the molecule is O=C(NC1CCC2(CC1)OCCO2)c1cn[nH]n1. The normalized spacial score (nSPS) is 23.3. The van der Waals surface area contributed by atoms with Crippen molar-refractivity contribution in [2.24, 2.45) is 0 Å². The third-order valence-electron chi connectivity index (χ3n) is 3.54. The molecule has 1 amide bonds. The molecule has 1 aromatic rings. The molecule has 98 valence electrons. The molecule has 2 fully saturated rings. The summed E-state index contributed by atoms with van der Waals surface area (Å²) in [4.78, 5) is 11.8. The molecule has 1 aliphatic heterocycles. The van der Waals surface area contributed by atoms with Crippen molar-refractivity contribution >= 4 is 5.91 Å². The van der Waals surface area contributed by atoms with Gasteiger partial charge in [0.15, 0.2) is 11.5 Å². The van der Waals surface area contributed by atoms with Gasteiger partial charge in [-0.2, -0.15) is 15.4 Å². The number of carbonyl (C=O) groups is 1. The van der Waals surface area contributed by atoms with E-state index in [0.717, 1.165) is 25.7 Å². The Morgan fingerprint density at radius 1 is 1.39 bits per heavy atom. The molecule has 2 N–H and O–H groups in total. The van der Waals surface area contributed by atoms with E-state index in [1.807, 2.05) is 0 Å². The van der Waals surface area contributed by atoms with Crippen molar-refractivity contribution < 1.29 is 14.3 Å². The van der Waals surface area contributed by atoms with E-state index >= 15 is 0 Å². The summed E-state index contributed by atoms with van der Waals surface area (Å²) in [5.41, 5.74) is 0.323. The van der Waals surface area contributed by atoms with Gasteiger partial charge in [0.25, 0.3) is 5.91 Å². The molecule has 0 atom stereocenters. The molecule has 0 unspecified atom stereocenters. The van der Waals surface area contributed by atoms with Crippen LogP contribution in [0.5, 0.6) is 0 Å². The summed E-state index contributed by atoms with van der Waals surface area (Å²) in [7, 11) is 0. The quantitative estimate of drug-likeness (QED) is 0.786. The second kappa shape index (κ2) is 4.66. The van der Waals surface area contributed by atoms with Gasteiger partial charge in [0.2, 0.25) is 0 Å². The van der Waals surface area contributed by atoms with E-state index in [2.05, 4.69) is 20.7 Å². The van der Waals surface area contributed by atoms with Gasteiger partial charge in [0, 0.05) is 18.9 Å². The summed E-state index contributed by atoms with van der Waals surface area (Å²) in [5, 5.41) is 12.8. The summed E-state index contributed by atoms with van der Waals surface area (Å²) in [6, 6.07) is 0.160. The van der Waals surface area contributed by atoms with Crippen LogP contribution in [0.1, 0.15) is 36.2 Å². The molecule has 1 saturated heterocycles. The Balaban J connectivity index is 1.52. The van der Waals surface area contributed by atoms with Crippen LogP contribution in [-0.4, -0.2) is 46.4 Å². The number of aromatic nitrogens is 3. The highest BCUT2D eigenvalue weighted by atomic mass is 16.7. The highest BCUT2D eigenvalue weighted by Crippen LogP contribution is 2.35. The largest absolute Gasteiger partial charge is 0.348 e. The van der Waals surface area contributed by atoms with Crippen molar-refractivity contribution in [3.63, 3.8) is 0 Å². The van der Waals surface area contributed by atoms with Gasteiger partial charge in [-0.3, -0.25) is 4.79 Å². The average Bonchev–Trinajstić information content (AvgIpc) is 3.04. The number of amides is 1. The van der Waals surface area contributed by atoms with E-state index in [1.54, 1.807) is 0 Å². The molecule has 0 aromatic carbocycles. The molecular weight excluding hydrogens is 236 g/mol. The van der Waals surface area contributed by atoms with Gasteiger partial charge >= 0.3 is 0 Å². The number of hydrogen-bond donors (Lipinski definition) is 2. The van der Waals surface area contributed by atoms with Crippen molar-refractivity contribution in [1.29, 1.82) is 0 Å². The lowest BCUT2D eigenvalue weighted by molar-refractivity contribution is -0.179. The Hall–Kier alpha value is -1.47. The highest BCUT2D eigenvalue weighted by molar-refractivity contribution is 5.91. The van der Waals surface area contributed by atoms with Crippen molar-refractivity contribution in [3.8, 4) is 0 Å². The smallest absolute Gasteiger partial charge is 0.273 e. The minimum absolute atomic E-state index is 0.160. The van der Waals surface area contributed by atoms with Crippen molar-refractivity contribution in [3.05, 3.63) is 11.9 Å². The number of nitrogens with one attached hydrogen (secondary N) is 2. The minimum atomic E-state index is -0.380. The molecule has 1 aliphatic carbocycles. The third-order valence-corrected chi connectivity index (χ3v) is 3.54. The number of H-pyrrole nitrogens is 1.